The normalized spacial score (nSPS) is 17.9. The number of aliphatic hydroxyl groups is 1. The molecule has 1 aliphatic rings. The minimum atomic E-state index is -1.38. The van der Waals surface area contributed by atoms with Gasteiger partial charge in [0.2, 0.25) is 17.7 Å². The molecule has 7 N–H and O–H groups in total. The fourth-order valence-electron chi connectivity index (χ4n) is 3.70. The molecule has 1 saturated heterocycles. The molecule has 186 valence electrons. The molecule has 12 heteroatoms. The Morgan fingerprint density at radius 1 is 1.06 bits per heavy atom. The number of aliphatic hydroxyl groups excluding tert-OH is 1. The predicted molar refractivity (Wildman–Crippen MR) is 118 cm³/mol. The lowest BCUT2D eigenvalue weighted by Gasteiger charge is -2.29. The van der Waals surface area contributed by atoms with Crippen molar-refractivity contribution in [3.63, 3.8) is 0 Å². The van der Waals surface area contributed by atoms with E-state index in [9.17, 15) is 34.2 Å². The summed E-state index contributed by atoms with van der Waals surface area (Å²) in [6, 6.07) is 4.04. The van der Waals surface area contributed by atoms with Gasteiger partial charge in [-0.25, -0.2) is 4.79 Å². The lowest BCUT2D eigenvalue weighted by molar-refractivity contribution is -0.145. The maximum Gasteiger partial charge on any atom is 0.326 e. The van der Waals surface area contributed by atoms with Gasteiger partial charge >= 0.3 is 11.9 Å². The van der Waals surface area contributed by atoms with Gasteiger partial charge in [-0.2, -0.15) is 0 Å². The third-order valence-corrected chi connectivity index (χ3v) is 5.54. The van der Waals surface area contributed by atoms with Gasteiger partial charge in [-0.1, -0.05) is 30.3 Å². The second-order valence-corrected chi connectivity index (χ2v) is 8.06. The van der Waals surface area contributed by atoms with Crippen molar-refractivity contribution in [2.24, 2.45) is 5.73 Å². The standard InChI is InChI=1S/C22H30N4O8/c23-14(8-9-18(28)29)19(30)25-16(12-27)21(32)26-10-4-7-17(26)20(31)24-15(22(33)34)11-13-5-2-1-3-6-13/h1-3,5-6,14-17,27H,4,7-12,23H2,(H,24,31)(H,25,30)(H,28,29)(H,33,34). The van der Waals surface area contributed by atoms with E-state index in [2.05, 4.69) is 10.6 Å². The molecule has 0 aromatic heterocycles. The smallest absolute Gasteiger partial charge is 0.326 e. The number of hydrogen-bond donors (Lipinski definition) is 6. The van der Waals surface area contributed by atoms with Crippen LogP contribution in [0.4, 0.5) is 0 Å². The quantitative estimate of drug-likeness (QED) is 0.206. The molecular weight excluding hydrogens is 448 g/mol. The molecular formula is C22H30N4O8. The third kappa shape index (κ3) is 7.52. The van der Waals surface area contributed by atoms with E-state index < -0.39 is 60.4 Å². The minimum absolute atomic E-state index is 0.0616. The molecule has 4 unspecified atom stereocenters. The van der Waals surface area contributed by atoms with Crippen molar-refractivity contribution in [1.82, 2.24) is 15.5 Å². The van der Waals surface area contributed by atoms with E-state index in [0.717, 1.165) is 5.56 Å². The highest BCUT2D eigenvalue weighted by Gasteiger charge is 2.39. The molecule has 1 fully saturated rings. The van der Waals surface area contributed by atoms with Crippen LogP contribution >= 0.6 is 0 Å². The van der Waals surface area contributed by atoms with Crippen LogP contribution in [0.15, 0.2) is 30.3 Å². The zero-order chi connectivity index (χ0) is 25.3. The van der Waals surface area contributed by atoms with Gasteiger partial charge in [0.1, 0.15) is 18.1 Å². The van der Waals surface area contributed by atoms with E-state index in [0.29, 0.717) is 12.8 Å². The van der Waals surface area contributed by atoms with Gasteiger partial charge in [0.05, 0.1) is 12.6 Å². The summed E-state index contributed by atoms with van der Waals surface area (Å²) >= 11 is 0. The molecule has 3 amide bonds. The van der Waals surface area contributed by atoms with E-state index in [1.807, 2.05) is 0 Å². The number of amides is 3. The highest BCUT2D eigenvalue weighted by Crippen LogP contribution is 2.19. The van der Waals surface area contributed by atoms with Gasteiger partial charge in [-0.05, 0) is 24.8 Å². The Labute approximate surface area is 196 Å². The summed E-state index contributed by atoms with van der Waals surface area (Å²) in [5, 5.41) is 32.6. The number of benzene rings is 1. The van der Waals surface area contributed by atoms with E-state index in [-0.39, 0.29) is 25.8 Å². The molecule has 2 rings (SSSR count). The minimum Gasteiger partial charge on any atom is -0.481 e. The zero-order valence-electron chi connectivity index (χ0n) is 18.6. The summed E-state index contributed by atoms with van der Waals surface area (Å²) < 4.78 is 0. The first-order valence-corrected chi connectivity index (χ1v) is 10.9. The van der Waals surface area contributed by atoms with Crippen molar-refractivity contribution < 1.29 is 39.3 Å². The van der Waals surface area contributed by atoms with Crippen molar-refractivity contribution in [2.75, 3.05) is 13.2 Å². The van der Waals surface area contributed by atoms with Gasteiger partial charge in [0.25, 0.3) is 0 Å². The number of carbonyl (C=O) groups is 5. The second kappa shape index (κ2) is 12.7. The molecule has 4 atom stereocenters. The fourth-order valence-corrected chi connectivity index (χ4v) is 3.70. The molecule has 0 saturated carbocycles. The number of rotatable bonds is 12. The van der Waals surface area contributed by atoms with Crippen molar-refractivity contribution in [1.29, 1.82) is 0 Å². The summed E-state index contributed by atoms with van der Waals surface area (Å²) in [5.74, 6) is -4.51. The van der Waals surface area contributed by atoms with Crippen LogP contribution in [0.3, 0.4) is 0 Å². The highest BCUT2D eigenvalue weighted by molar-refractivity contribution is 5.94. The maximum atomic E-state index is 12.9. The monoisotopic (exact) mass is 478 g/mol. The van der Waals surface area contributed by atoms with E-state index in [1.165, 1.54) is 4.90 Å². The molecule has 34 heavy (non-hydrogen) atoms. The lowest BCUT2D eigenvalue weighted by Crippen LogP contribution is -2.58. The number of aliphatic carboxylic acids is 2. The van der Waals surface area contributed by atoms with Gasteiger partial charge in [-0.15, -0.1) is 0 Å². The Kier molecular flexibility index (Phi) is 9.95. The molecule has 1 aliphatic heterocycles. The van der Waals surface area contributed by atoms with Crippen LogP contribution in [-0.4, -0.2) is 87.2 Å². The van der Waals surface area contributed by atoms with Crippen LogP contribution in [0.5, 0.6) is 0 Å². The topological polar surface area (TPSA) is 199 Å². The Morgan fingerprint density at radius 2 is 1.74 bits per heavy atom. The van der Waals surface area contributed by atoms with Crippen LogP contribution in [0.25, 0.3) is 0 Å². The number of nitrogens with one attached hydrogen (secondary N) is 2. The first kappa shape index (κ1) is 26.7. The van der Waals surface area contributed by atoms with Crippen molar-refractivity contribution in [2.45, 2.75) is 56.3 Å². The second-order valence-electron chi connectivity index (χ2n) is 8.06. The molecule has 1 aromatic carbocycles. The highest BCUT2D eigenvalue weighted by atomic mass is 16.4. The Bertz CT molecular complexity index is 894. The number of carbonyl (C=O) groups excluding carboxylic acids is 3. The SMILES string of the molecule is NC(CCC(=O)O)C(=O)NC(CO)C(=O)N1CCCC1C(=O)NC(Cc1ccccc1)C(=O)O. The summed E-state index contributed by atoms with van der Waals surface area (Å²) in [6.07, 6.45) is 0.338. The van der Waals surface area contributed by atoms with Crippen molar-refractivity contribution >= 4 is 29.7 Å². The predicted octanol–water partition coefficient (Wildman–Crippen LogP) is -1.54. The number of hydrogen-bond acceptors (Lipinski definition) is 7. The molecule has 0 aliphatic carbocycles. The van der Waals surface area contributed by atoms with Gasteiger partial charge in [-0.3, -0.25) is 19.2 Å². The summed E-state index contributed by atoms with van der Waals surface area (Å²) in [7, 11) is 0. The van der Waals surface area contributed by atoms with Crippen molar-refractivity contribution in [3.05, 3.63) is 35.9 Å². The summed E-state index contributed by atoms with van der Waals surface area (Å²) in [5.41, 5.74) is 6.36. The third-order valence-electron chi connectivity index (χ3n) is 5.54. The molecule has 1 heterocycles. The number of nitrogens with zero attached hydrogens (tertiary/aromatic N) is 1. The van der Waals surface area contributed by atoms with E-state index in [4.69, 9.17) is 10.8 Å². The summed E-state index contributed by atoms with van der Waals surface area (Å²) in [6.45, 7) is -0.572. The van der Waals surface area contributed by atoms with Crippen LogP contribution in [0.1, 0.15) is 31.2 Å². The molecule has 0 radical (unpaired) electrons. The maximum absolute atomic E-state index is 12.9. The molecule has 0 bridgehead atoms. The van der Waals surface area contributed by atoms with Crippen LogP contribution in [0.2, 0.25) is 0 Å². The van der Waals surface area contributed by atoms with Gasteiger partial charge in [0.15, 0.2) is 0 Å². The molecule has 12 nitrogen and oxygen atoms in total. The first-order chi connectivity index (χ1) is 16.1. The van der Waals surface area contributed by atoms with Crippen LogP contribution in [0, 0.1) is 0 Å². The zero-order valence-corrected chi connectivity index (χ0v) is 18.6. The van der Waals surface area contributed by atoms with E-state index >= 15 is 0 Å². The molecule has 1 aromatic rings. The number of likely N-dealkylation sites (tertiary alicyclic amines) is 1. The molecule has 0 spiro atoms. The Morgan fingerprint density at radius 3 is 2.32 bits per heavy atom. The first-order valence-electron chi connectivity index (χ1n) is 10.9. The van der Waals surface area contributed by atoms with Crippen LogP contribution < -0.4 is 16.4 Å². The average Bonchev–Trinajstić information content (AvgIpc) is 3.30. The number of carboxylic acids is 2. The fraction of sp³-hybridized carbons (Fsp3) is 0.500. The number of nitrogens with two attached hydrogens (primary N) is 1. The van der Waals surface area contributed by atoms with Crippen LogP contribution in [-0.2, 0) is 30.4 Å². The average molecular weight is 479 g/mol. The van der Waals surface area contributed by atoms with Gasteiger partial charge < -0.3 is 36.6 Å². The van der Waals surface area contributed by atoms with E-state index in [1.54, 1.807) is 30.3 Å². The van der Waals surface area contributed by atoms with Gasteiger partial charge in [0, 0.05) is 19.4 Å². The Hall–Kier alpha value is -3.51. The largest absolute Gasteiger partial charge is 0.481 e. The Balaban J connectivity index is 2.02. The van der Waals surface area contributed by atoms with Crippen molar-refractivity contribution in [3.8, 4) is 0 Å². The lowest BCUT2D eigenvalue weighted by atomic mass is 10.1. The summed E-state index contributed by atoms with van der Waals surface area (Å²) in [4.78, 5) is 61.5. The number of carboxylic acid groups (broad SMARTS) is 2.